The fourth-order valence-electron chi connectivity index (χ4n) is 3.43. The molecule has 0 bridgehead atoms. The minimum atomic E-state index is -3.83. The van der Waals surface area contributed by atoms with Crippen LogP contribution in [0.1, 0.15) is 12.5 Å². The van der Waals surface area contributed by atoms with E-state index in [0.717, 1.165) is 6.42 Å². The van der Waals surface area contributed by atoms with Crippen LogP contribution in [0.5, 0.6) is 5.75 Å². The summed E-state index contributed by atoms with van der Waals surface area (Å²) in [4.78, 5) is 30.7. The molecule has 3 aromatic carbocycles. The summed E-state index contributed by atoms with van der Waals surface area (Å²) in [5.74, 6) is -3.55. The van der Waals surface area contributed by atoms with Crippen LogP contribution < -0.4 is 19.7 Å². The van der Waals surface area contributed by atoms with Crippen molar-refractivity contribution in [3.05, 3.63) is 84.4 Å². The molecule has 0 aliphatic heterocycles. The highest BCUT2D eigenvalue weighted by Crippen LogP contribution is 2.30. The molecule has 4 N–H and O–H groups in total. The molecule has 0 heterocycles. The van der Waals surface area contributed by atoms with Gasteiger partial charge in [-0.2, -0.15) is 0 Å². The first-order valence-electron chi connectivity index (χ1n) is 11.9. The number of benzene rings is 3. The van der Waals surface area contributed by atoms with Crippen LogP contribution in [0.4, 0.5) is 11.4 Å². The van der Waals surface area contributed by atoms with E-state index in [2.05, 4.69) is 10.6 Å². The van der Waals surface area contributed by atoms with Gasteiger partial charge in [0, 0.05) is 6.54 Å². The first-order valence-corrected chi connectivity index (χ1v) is 13.3. The number of nitrogens with one attached hydrogen (secondary N) is 2. The van der Waals surface area contributed by atoms with Crippen molar-refractivity contribution >= 4 is 39.2 Å². The van der Waals surface area contributed by atoms with E-state index in [1.54, 1.807) is 37.3 Å². The van der Waals surface area contributed by atoms with Gasteiger partial charge in [-0.05, 0) is 55.8 Å². The largest absolute Gasteiger partial charge is 0.495 e. The number of anilines is 2. The zero-order chi connectivity index (χ0) is 28.8. The fraction of sp³-hybridized carbons (Fsp3) is 0.222. The molecule has 12 heteroatoms. The normalized spacial score (nSPS) is 10.5. The Bertz CT molecular complexity index is 1340. The third-order valence-corrected chi connectivity index (χ3v) is 7.17. The summed E-state index contributed by atoms with van der Waals surface area (Å²) >= 11 is 0. The molecule has 0 spiro atoms. The van der Waals surface area contributed by atoms with Crippen molar-refractivity contribution in [2.75, 3.05) is 36.4 Å². The van der Waals surface area contributed by atoms with Crippen molar-refractivity contribution < 1.29 is 37.8 Å². The number of hydrogen-bond donors (Lipinski definition) is 4. The van der Waals surface area contributed by atoms with Gasteiger partial charge in [-0.3, -0.25) is 9.10 Å². The molecule has 39 heavy (non-hydrogen) atoms. The lowest BCUT2D eigenvalue weighted by molar-refractivity contribution is -0.159. The van der Waals surface area contributed by atoms with Gasteiger partial charge in [-0.25, -0.2) is 18.0 Å². The third kappa shape index (κ3) is 9.43. The monoisotopic (exact) mass is 557 g/mol. The number of carbonyl (C=O) groups excluding carboxylic acids is 1. The zero-order valence-electron chi connectivity index (χ0n) is 21.5. The highest BCUT2D eigenvalue weighted by atomic mass is 32.2. The molecule has 0 atom stereocenters. The van der Waals surface area contributed by atoms with Gasteiger partial charge in [0.1, 0.15) is 5.75 Å². The number of sulfonamides is 1. The Morgan fingerprint density at radius 2 is 1.49 bits per heavy atom. The lowest BCUT2D eigenvalue weighted by atomic mass is 10.1. The standard InChI is InChI=1S/C25H29N3O4S.C2H2O4/c1-3-28(21-12-8-5-9-13-21)33(30,31)22-14-15-24(32-2)23(18-22)27-25(29)19-26-17-16-20-10-6-4-7-11-20;3-1(4)2(5)6/h4-15,18,26H,3,16-17,19H2,1-2H3,(H,27,29);(H,3,4)(H,5,6). The van der Waals surface area contributed by atoms with Crippen molar-refractivity contribution in [2.45, 2.75) is 18.2 Å². The highest BCUT2D eigenvalue weighted by molar-refractivity contribution is 7.92. The smallest absolute Gasteiger partial charge is 0.414 e. The summed E-state index contributed by atoms with van der Waals surface area (Å²) in [5.41, 5.74) is 2.06. The second kappa shape index (κ2) is 15.1. The zero-order valence-corrected chi connectivity index (χ0v) is 22.3. The van der Waals surface area contributed by atoms with E-state index >= 15 is 0 Å². The van der Waals surface area contributed by atoms with Crippen LogP contribution in [0, 0.1) is 0 Å². The van der Waals surface area contributed by atoms with Gasteiger partial charge in [0.05, 0.1) is 29.9 Å². The van der Waals surface area contributed by atoms with Crippen LogP contribution in [-0.2, 0) is 30.8 Å². The minimum absolute atomic E-state index is 0.0707. The van der Waals surface area contributed by atoms with Gasteiger partial charge in [-0.1, -0.05) is 48.5 Å². The van der Waals surface area contributed by atoms with Crippen molar-refractivity contribution in [2.24, 2.45) is 0 Å². The van der Waals surface area contributed by atoms with E-state index < -0.39 is 22.0 Å². The Hall–Kier alpha value is -4.42. The molecule has 0 radical (unpaired) electrons. The SMILES string of the molecule is CCN(c1ccccc1)S(=O)(=O)c1ccc(OC)c(NC(=O)CNCCc2ccccc2)c1.O=C(O)C(=O)O. The van der Waals surface area contributed by atoms with Gasteiger partial charge in [-0.15, -0.1) is 0 Å². The number of nitrogens with zero attached hydrogens (tertiary/aromatic N) is 1. The molecule has 0 aliphatic rings. The number of carboxylic acids is 2. The number of para-hydroxylation sites is 1. The van der Waals surface area contributed by atoms with Gasteiger partial charge in [0.2, 0.25) is 5.91 Å². The summed E-state index contributed by atoms with van der Waals surface area (Å²) in [6.07, 6.45) is 0.803. The number of rotatable bonds is 11. The van der Waals surface area contributed by atoms with E-state index in [1.807, 2.05) is 36.4 Å². The van der Waals surface area contributed by atoms with Crippen molar-refractivity contribution in [1.29, 1.82) is 0 Å². The summed E-state index contributed by atoms with van der Waals surface area (Å²) < 4.78 is 33.3. The summed E-state index contributed by atoms with van der Waals surface area (Å²) in [7, 11) is -2.36. The quantitative estimate of drug-likeness (QED) is 0.205. The maximum Gasteiger partial charge on any atom is 0.414 e. The molecule has 208 valence electrons. The molecule has 0 saturated heterocycles. The first-order chi connectivity index (χ1) is 18.6. The summed E-state index contributed by atoms with van der Waals surface area (Å²) in [6, 6.07) is 23.4. The predicted octanol–water partition coefficient (Wildman–Crippen LogP) is 2.84. The molecule has 0 aliphatic carbocycles. The van der Waals surface area contributed by atoms with Crippen LogP contribution in [-0.4, -0.2) is 63.2 Å². The number of carbonyl (C=O) groups is 3. The molecule has 0 fully saturated rings. The van der Waals surface area contributed by atoms with Gasteiger partial charge in [0.15, 0.2) is 0 Å². The second-order valence-electron chi connectivity index (χ2n) is 7.94. The van der Waals surface area contributed by atoms with Crippen LogP contribution in [0.25, 0.3) is 0 Å². The molecular weight excluding hydrogens is 526 g/mol. The lowest BCUT2D eigenvalue weighted by Gasteiger charge is -2.23. The summed E-state index contributed by atoms with van der Waals surface area (Å²) in [6.45, 7) is 2.78. The van der Waals surface area contributed by atoms with Crippen LogP contribution >= 0.6 is 0 Å². The predicted molar refractivity (Wildman–Crippen MR) is 147 cm³/mol. The molecule has 0 unspecified atom stereocenters. The summed E-state index contributed by atoms with van der Waals surface area (Å²) in [5, 5.41) is 20.6. The van der Waals surface area contributed by atoms with Crippen molar-refractivity contribution in [1.82, 2.24) is 5.32 Å². The van der Waals surface area contributed by atoms with E-state index in [9.17, 15) is 13.2 Å². The topological polar surface area (TPSA) is 162 Å². The third-order valence-electron chi connectivity index (χ3n) is 5.27. The maximum absolute atomic E-state index is 13.3. The number of aliphatic carboxylic acids is 2. The lowest BCUT2D eigenvalue weighted by Crippen LogP contribution is -2.31. The number of methoxy groups -OCH3 is 1. The van der Waals surface area contributed by atoms with Crippen LogP contribution in [0.3, 0.4) is 0 Å². The van der Waals surface area contributed by atoms with E-state index in [1.165, 1.54) is 29.1 Å². The Kier molecular flexibility index (Phi) is 11.9. The average Bonchev–Trinajstić information content (AvgIpc) is 2.93. The Balaban J connectivity index is 0.000000798. The van der Waals surface area contributed by atoms with E-state index in [-0.39, 0.29) is 23.9 Å². The molecule has 3 aromatic rings. The number of hydrogen-bond acceptors (Lipinski definition) is 7. The number of ether oxygens (including phenoxy) is 1. The highest BCUT2D eigenvalue weighted by Gasteiger charge is 2.25. The first kappa shape index (κ1) is 30.8. The Labute approximate surface area is 227 Å². The maximum atomic E-state index is 13.3. The molecule has 1 amide bonds. The van der Waals surface area contributed by atoms with Crippen LogP contribution in [0.2, 0.25) is 0 Å². The van der Waals surface area contributed by atoms with Gasteiger partial charge < -0.3 is 25.6 Å². The Morgan fingerprint density at radius 1 is 0.897 bits per heavy atom. The molecular formula is C27H31N3O8S. The second-order valence-corrected chi connectivity index (χ2v) is 9.80. The molecule has 11 nitrogen and oxygen atoms in total. The number of amides is 1. The average molecular weight is 558 g/mol. The minimum Gasteiger partial charge on any atom is -0.495 e. The Morgan fingerprint density at radius 3 is 2.03 bits per heavy atom. The van der Waals surface area contributed by atoms with E-state index in [4.69, 9.17) is 24.5 Å². The van der Waals surface area contributed by atoms with Crippen molar-refractivity contribution in [3.63, 3.8) is 0 Å². The van der Waals surface area contributed by atoms with Crippen LogP contribution in [0.15, 0.2) is 83.8 Å². The molecule has 0 aromatic heterocycles. The van der Waals surface area contributed by atoms with Crippen molar-refractivity contribution in [3.8, 4) is 5.75 Å². The molecule has 3 rings (SSSR count). The number of carboxylic acid groups (broad SMARTS) is 2. The van der Waals surface area contributed by atoms with E-state index in [0.29, 0.717) is 23.7 Å². The molecule has 0 saturated carbocycles. The van der Waals surface area contributed by atoms with Gasteiger partial charge >= 0.3 is 11.9 Å². The van der Waals surface area contributed by atoms with Gasteiger partial charge in [0.25, 0.3) is 10.0 Å². The fourth-order valence-corrected chi connectivity index (χ4v) is 4.93.